The van der Waals surface area contributed by atoms with Crippen molar-refractivity contribution in [2.24, 2.45) is 0 Å². The van der Waals surface area contributed by atoms with Gasteiger partial charge in [0.1, 0.15) is 0 Å². The molecule has 0 N–H and O–H groups in total. The second-order valence-electron chi connectivity index (χ2n) is 11.4. The molecule has 0 aromatic heterocycles. The highest BCUT2D eigenvalue weighted by atomic mass is 14.2. The third kappa shape index (κ3) is 3.30. The molecule has 0 nitrogen and oxygen atoms in total. The van der Waals surface area contributed by atoms with Gasteiger partial charge in [-0.1, -0.05) is 84.9 Å². The number of hydrogen-bond acceptors (Lipinski definition) is 0. The largest absolute Gasteiger partial charge is 0.0551 e. The van der Waals surface area contributed by atoms with Crippen LogP contribution in [0.3, 0.4) is 0 Å². The fourth-order valence-corrected chi connectivity index (χ4v) is 6.79. The highest BCUT2D eigenvalue weighted by Gasteiger charge is 2.13. The monoisotopic (exact) mass is 488 g/mol. The SMILES string of the molecule is Cc1cc2ccc3c(C)cc(C)c4ccc(c1C)c2c34.Cc1cc2ccc3cc(C)cc4ccc(c1)c2c34. The Kier molecular flexibility index (Phi) is 4.94. The molecule has 0 spiro atoms. The molecule has 0 heteroatoms. The number of hydrogen-bond donors (Lipinski definition) is 0. The van der Waals surface area contributed by atoms with E-state index >= 15 is 0 Å². The summed E-state index contributed by atoms with van der Waals surface area (Å²) >= 11 is 0. The normalized spacial score (nSPS) is 11.9. The van der Waals surface area contributed by atoms with E-state index in [4.69, 9.17) is 0 Å². The van der Waals surface area contributed by atoms with Crippen molar-refractivity contribution in [3.8, 4) is 0 Å². The van der Waals surface area contributed by atoms with Crippen molar-refractivity contribution >= 4 is 64.6 Å². The molecule has 38 heavy (non-hydrogen) atoms. The second kappa shape index (κ2) is 8.17. The quantitative estimate of drug-likeness (QED) is 0.186. The van der Waals surface area contributed by atoms with Crippen LogP contribution in [0.5, 0.6) is 0 Å². The lowest BCUT2D eigenvalue weighted by Gasteiger charge is -2.16. The summed E-state index contributed by atoms with van der Waals surface area (Å²) in [5, 5.41) is 16.7. The maximum Gasteiger partial charge on any atom is -0.00214 e. The Balaban J connectivity index is 0.000000128. The van der Waals surface area contributed by atoms with Gasteiger partial charge in [0.25, 0.3) is 0 Å². The van der Waals surface area contributed by atoms with E-state index in [2.05, 4.69) is 126 Å². The minimum absolute atomic E-state index is 1.33. The van der Waals surface area contributed by atoms with Crippen LogP contribution in [0.15, 0.2) is 84.9 Å². The fourth-order valence-electron chi connectivity index (χ4n) is 6.79. The molecule has 0 saturated carbocycles. The predicted molar refractivity (Wildman–Crippen MR) is 169 cm³/mol. The van der Waals surface area contributed by atoms with E-state index in [1.54, 1.807) is 0 Å². The zero-order valence-electron chi connectivity index (χ0n) is 23.1. The van der Waals surface area contributed by atoms with Gasteiger partial charge < -0.3 is 0 Å². The van der Waals surface area contributed by atoms with Gasteiger partial charge in [0.2, 0.25) is 0 Å². The average Bonchev–Trinajstić information content (AvgIpc) is 2.89. The molecular formula is C38H32. The van der Waals surface area contributed by atoms with Crippen LogP contribution in [-0.4, -0.2) is 0 Å². The van der Waals surface area contributed by atoms with Gasteiger partial charge in [0.05, 0.1) is 0 Å². The second-order valence-corrected chi connectivity index (χ2v) is 11.4. The Morgan fingerprint density at radius 2 is 0.711 bits per heavy atom. The summed E-state index contributed by atoms with van der Waals surface area (Å²) in [6.45, 7) is 13.2. The summed E-state index contributed by atoms with van der Waals surface area (Å²) in [5.74, 6) is 0. The van der Waals surface area contributed by atoms with Gasteiger partial charge in [-0.05, 0) is 140 Å². The average molecular weight is 489 g/mol. The van der Waals surface area contributed by atoms with Crippen molar-refractivity contribution < 1.29 is 0 Å². The molecule has 0 fully saturated rings. The van der Waals surface area contributed by atoms with Gasteiger partial charge in [0, 0.05) is 0 Å². The number of benzene rings is 8. The Labute approximate surface area is 224 Å². The van der Waals surface area contributed by atoms with Crippen LogP contribution in [0.25, 0.3) is 64.6 Å². The van der Waals surface area contributed by atoms with Gasteiger partial charge in [-0.15, -0.1) is 0 Å². The summed E-state index contributed by atoms with van der Waals surface area (Å²) in [6.07, 6.45) is 0. The van der Waals surface area contributed by atoms with Crippen molar-refractivity contribution in [1.82, 2.24) is 0 Å². The van der Waals surface area contributed by atoms with Crippen molar-refractivity contribution in [2.45, 2.75) is 41.5 Å². The minimum atomic E-state index is 1.33. The molecule has 0 aliphatic heterocycles. The van der Waals surface area contributed by atoms with E-state index in [1.165, 1.54) is 98.0 Å². The molecule has 184 valence electrons. The van der Waals surface area contributed by atoms with Crippen LogP contribution in [0.4, 0.5) is 0 Å². The van der Waals surface area contributed by atoms with Crippen LogP contribution < -0.4 is 0 Å². The zero-order valence-corrected chi connectivity index (χ0v) is 23.1. The lowest BCUT2D eigenvalue weighted by atomic mass is 9.87. The number of rotatable bonds is 0. The van der Waals surface area contributed by atoms with E-state index in [0.717, 1.165) is 0 Å². The van der Waals surface area contributed by atoms with E-state index < -0.39 is 0 Å². The van der Waals surface area contributed by atoms with Gasteiger partial charge in [-0.2, -0.15) is 0 Å². The molecule has 8 aromatic rings. The van der Waals surface area contributed by atoms with Crippen LogP contribution >= 0.6 is 0 Å². The van der Waals surface area contributed by atoms with Gasteiger partial charge in [-0.3, -0.25) is 0 Å². The summed E-state index contributed by atoms with van der Waals surface area (Å²) in [7, 11) is 0. The van der Waals surface area contributed by atoms with Crippen molar-refractivity contribution in [1.29, 1.82) is 0 Å². The van der Waals surface area contributed by atoms with Crippen LogP contribution in [0.1, 0.15) is 33.4 Å². The molecule has 8 rings (SSSR count). The maximum absolute atomic E-state index is 2.33. The van der Waals surface area contributed by atoms with Crippen LogP contribution in [0, 0.1) is 41.5 Å². The molecule has 8 aromatic carbocycles. The zero-order chi connectivity index (χ0) is 26.3. The van der Waals surface area contributed by atoms with E-state index in [0.29, 0.717) is 0 Å². The van der Waals surface area contributed by atoms with E-state index in [-0.39, 0.29) is 0 Å². The van der Waals surface area contributed by atoms with Crippen LogP contribution in [0.2, 0.25) is 0 Å². The topological polar surface area (TPSA) is 0 Å². The van der Waals surface area contributed by atoms with Gasteiger partial charge in [0.15, 0.2) is 0 Å². The summed E-state index contributed by atoms with van der Waals surface area (Å²) in [4.78, 5) is 0. The van der Waals surface area contributed by atoms with E-state index in [1.807, 2.05) is 0 Å². The predicted octanol–water partition coefficient (Wildman–Crippen LogP) is 11.0. The Bertz CT molecular complexity index is 2010. The molecular weight excluding hydrogens is 456 g/mol. The molecule has 0 bridgehead atoms. The molecule has 0 atom stereocenters. The van der Waals surface area contributed by atoms with Gasteiger partial charge >= 0.3 is 0 Å². The Hall–Kier alpha value is -4.16. The fraction of sp³-hybridized carbons (Fsp3) is 0.158. The third-order valence-electron chi connectivity index (χ3n) is 8.67. The minimum Gasteiger partial charge on any atom is -0.0551 e. The number of aryl methyl sites for hydroxylation is 6. The van der Waals surface area contributed by atoms with E-state index in [9.17, 15) is 0 Å². The Morgan fingerprint density at radius 3 is 1.21 bits per heavy atom. The lowest BCUT2D eigenvalue weighted by molar-refractivity contribution is 1.39. The molecule has 0 saturated heterocycles. The lowest BCUT2D eigenvalue weighted by Crippen LogP contribution is -1.92. The summed E-state index contributed by atoms with van der Waals surface area (Å²) in [6, 6.07) is 31.9. The first-order valence-electron chi connectivity index (χ1n) is 13.6. The molecule has 0 aliphatic carbocycles. The highest BCUT2D eigenvalue weighted by molar-refractivity contribution is 6.25. The van der Waals surface area contributed by atoms with Gasteiger partial charge in [-0.25, -0.2) is 0 Å². The highest BCUT2D eigenvalue weighted by Crippen LogP contribution is 2.39. The molecule has 0 aliphatic rings. The standard InChI is InChI=1S/C20H18.C18H14/c1-11-10-15-5-6-16-12(2)9-13(3)17-7-8-18(14(11)4)19(15)20(16)17;1-11-7-13-3-5-15-9-12(2)10-16-6-4-14(8-11)17(13)18(15)16/h5-10H,1-4H3;3-10H,1-2H3. The summed E-state index contributed by atoms with van der Waals surface area (Å²) < 4.78 is 0. The maximum atomic E-state index is 2.33. The summed E-state index contributed by atoms with van der Waals surface area (Å²) in [5.41, 5.74) is 8.20. The molecule has 0 heterocycles. The van der Waals surface area contributed by atoms with Crippen molar-refractivity contribution in [2.75, 3.05) is 0 Å². The van der Waals surface area contributed by atoms with Crippen molar-refractivity contribution in [3.05, 3.63) is 118 Å². The molecule has 0 amide bonds. The Morgan fingerprint density at radius 1 is 0.316 bits per heavy atom. The first kappa shape index (κ1) is 23.0. The van der Waals surface area contributed by atoms with Crippen LogP contribution in [-0.2, 0) is 0 Å². The first-order valence-corrected chi connectivity index (χ1v) is 13.6. The smallest absolute Gasteiger partial charge is 0.00214 e. The molecule has 0 unspecified atom stereocenters. The third-order valence-corrected chi connectivity index (χ3v) is 8.67. The molecule has 0 radical (unpaired) electrons. The first-order chi connectivity index (χ1) is 18.3. The van der Waals surface area contributed by atoms with Crippen molar-refractivity contribution in [3.63, 3.8) is 0 Å².